The Morgan fingerprint density at radius 1 is 1.45 bits per heavy atom. The van der Waals surface area contributed by atoms with Crippen LogP contribution in [0.1, 0.15) is 18.1 Å². The van der Waals surface area contributed by atoms with Crippen molar-refractivity contribution in [3.63, 3.8) is 0 Å². The van der Waals surface area contributed by atoms with Gasteiger partial charge in [-0.25, -0.2) is 4.39 Å². The van der Waals surface area contributed by atoms with Crippen LogP contribution in [0.2, 0.25) is 0 Å². The SMILES string of the molecule is CCc1c(C)ccc(F)c1O. The minimum Gasteiger partial charge on any atom is -0.505 e. The lowest BCUT2D eigenvalue weighted by atomic mass is 10.1. The third kappa shape index (κ3) is 1.34. The summed E-state index contributed by atoms with van der Waals surface area (Å²) in [6.07, 6.45) is 0.662. The summed E-state index contributed by atoms with van der Waals surface area (Å²) in [5.74, 6) is -0.736. The van der Waals surface area contributed by atoms with Crippen LogP contribution in [0.5, 0.6) is 5.75 Å². The van der Waals surface area contributed by atoms with E-state index in [1.807, 2.05) is 13.8 Å². The summed E-state index contributed by atoms with van der Waals surface area (Å²) >= 11 is 0. The van der Waals surface area contributed by atoms with Crippen molar-refractivity contribution in [1.29, 1.82) is 0 Å². The monoisotopic (exact) mass is 154 g/mol. The second kappa shape index (κ2) is 2.91. The zero-order chi connectivity index (χ0) is 8.43. The van der Waals surface area contributed by atoms with E-state index in [2.05, 4.69) is 0 Å². The Morgan fingerprint density at radius 3 is 2.55 bits per heavy atom. The van der Waals surface area contributed by atoms with Crippen molar-refractivity contribution in [3.8, 4) is 5.75 Å². The maximum Gasteiger partial charge on any atom is 0.165 e. The molecule has 0 saturated carbocycles. The third-order valence-electron chi connectivity index (χ3n) is 1.82. The highest BCUT2D eigenvalue weighted by Crippen LogP contribution is 2.24. The molecule has 0 spiro atoms. The Balaban J connectivity index is 3.29. The van der Waals surface area contributed by atoms with Gasteiger partial charge >= 0.3 is 0 Å². The number of rotatable bonds is 1. The number of hydrogen-bond acceptors (Lipinski definition) is 1. The highest BCUT2D eigenvalue weighted by atomic mass is 19.1. The first-order chi connectivity index (χ1) is 5.16. The molecule has 1 nitrogen and oxygen atoms in total. The number of hydrogen-bond donors (Lipinski definition) is 1. The highest BCUT2D eigenvalue weighted by molar-refractivity contribution is 5.39. The predicted octanol–water partition coefficient (Wildman–Crippen LogP) is 2.40. The Bertz CT molecular complexity index is 269. The van der Waals surface area contributed by atoms with Crippen molar-refractivity contribution in [2.24, 2.45) is 0 Å². The van der Waals surface area contributed by atoms with Crippen molar-refractivity contribution in [3.05, 3.63) is 29.1 Å². The van der Waals surface area contributed by atoms with E-state index in [9.17, 15) is 9.50 Å². The van der Waals surface area contributed by atoms with Gasteiger partial charge in [-0.15, -0.1) is 0 Å². The molecule has 1 aromatic rings. The van der Waals surface area contributed by atoms with Gasteiger partial charge in [0.05, 0.1) is 0 Å². The molecule has 1 aromatic carbocycles. The van der Waals surface area contributed by atoms with E-state index in [1.165, 1.54) is 6.07 Å². The van der Waals surface area contributed by atoms with Gasteiger partial charge in [0.1, 0.15) is 0 Å². The van der Waals surface area contributed by atoms with Crippen molar-refractivity contribution in [1.82, 2.24) is 0 Å². The van der Waals surface area contributed by atoms with Gasteiger partial charge in [-0.05, 0) is 30.5 Å². The fourth-order valence-electron chi connectivity index (χ4n) is 1.15. The lowest BCUT2D eigenvalue weighted by Crippen LogP contribution is -1.89. The number of benzene rings is 1. The maximum atomic E-state index is 12.7. The van der Waals surface area contributed by atoms with Crippen molar-refractivity contribution >= 4 is 0 Å². The zero-order valence-corrected chi connectivity index (χ0v) is 6.69. The smallest absolute Gasteiger partial charge is 0.165 e. The fraction of sp³-hybridized carbons (Fsp3) is 0.333. The van der Waals surface area contributed by atoms with Gasteiger partial charge in [0, 0.05) is 0 Å². The molecule has 0 aliphatic carbocycles. The first kappa shape index (κ1) is 8.05. The van der Waals surface area contributed by atoms with Crippen molar-refractivity contribution < 1.29 is 9.50 Å². The lowest BCUT2D eigenvalue weighted by molar-refractivity contribution is 0.426. The molecule has 0 aliphatic rings. The van der Waals surface area contributed by atoms with E-state index in [0.29, 0.717) is 12.0 Å². The topological polar surface area (TPSA) is 20.2 Å². The van der Waals surface area contributed by atoms with E-state index in [0.717, 1.165) is 5.56 Å². The van der Waals surface area contributed by atoms with Crippen LogP contribution in [-0.2, 0) is 6.42 Å². The van der Waals surface area contributed by atoms with Crippen LogP contribution in [0.25, 0.3) is 0 Å². The van der Waals surface area contributed by atoms with Gasteiger partial charge in [0.25, 0.3) is 0 Å². The number of aryl methyl sites for hydroxylation is 1. The third-order valence-corrected chi connectivity index (χ3v) is 1.82. The number of aromatic hydroxyl groups is 1. The van der Waals surface area contributed by atoms with Gasteiger partial charge < -0.3 is 5.11 Å². The minimum atomic E-state index is -0.535. The average Bonchev–Trinajstić information content (AvgIpc) is 1.99. The molecule has 0 bridgehead atoms. The van der Waals surface area contributed by atoms with E-state index in [1.54, 1.807) is 6.07 Å². The van der Waals surface area contributed by atoms with E-state index >= 15 is 0 Å². The van der Waals surface area contributed by atoms with Crippen LogP contribution in [0.3, 0.4) is 0 Å². The molecular formula is C9H11FO. The average molecular weight is 154 g/mol. The molecule has 0 fully saturated rings. The van der Waals surface area contributed by atoms with Crippen molar-refractivity contribution in [2.75, 3.05) is 0 Å². The number of phenolic OH excluding ortho intramolecular Hbond substituents is 1. The van der Waals surface area contributed by atoms with Crippen LogP contribution in [-0.4, -0.2) is 5.11 Å². The highest BCUT2D eigenvalue weighted by Gasteiger charge is 2.06. The Morgan fingerprint density at radius 2 is 2.09 bits per heavy atom. The molecule has 0 aromatic heterocycles. The maximum absolute atomic E-state index is 12.7. The molecule has 2 heteroatoms. The van der Waals surface area contributed by atoms with Gasteiger partial charge in [-0.3, -0.25) is 0 Å². The number of halogens is 1. The van der Waals surface area contributed by atoms with Crippen LogP contribution in [0, 0.1) is 12.7 Å². The molecule has 60 valence electrons. The molecule has 0 unspecified atom stereocenters. The second-order valence-electron chi connectivity index (χ2n) is 2.54. The molecule has 0 atom stereocenters. The molecule has 0 amide bonds. The van der Waals surface area contributed by atoms with E-state index < -0.39 is 5.82 Å². The fourth-order valence-corrected chi connectivity index (χ4v) is 1.15. The molecule has 0 heterocycles. The molecule has 1 rings (SSSR count). The molecule has 0 aliphatic heterocycles. The lowest BCUT2D eigenvalue weighted by Gasteiger charge is -2.05. The second-order valence-corrected chi connectivity index (χ2v) is 2.54. The van der Waals surface area contributed by atoms with Crippen LogP contribution < -0.4 is 0 Å². The van der Waals surface area contributed by atoms with Gasteiger partial charge in [-0.2, -0.15) is 0 Å². The van der Waals surface area contributed by atoms with E-state index in [4.69, 9.17) is 0 Å². The summed E-state index contributed by atoms with van der Waals surface area (Å²) in [4.78, 5) is 0. The Hall–Kier alpha value is -1.05. The summed E-state index contributed by atoms with van der Waals surface area (Å²) in [7, 11) is 0. The van der Waals surface area contributed by atoms with E-state index in [-0.39, 0.29) is 5.75 Å². The quantitative estimate of drug-likeness (QED) is 0.658. The first-order valence-electron chi connectivity index (χ1n) is 3.63. The van der Waals surface area contributed by atoms with Crippen LogP contribution in [0.15, 0.2) is 12.1 Å². The first-order valence-corrected chi connectivity index (χ1v) is 3.63. The van der Waals surface area contributed by atoms with Crippen LogP contribution >= 0.6 is 0 Å². The predicted molar refractivity (Wildman–Crippen MR) is 42.2 cm³/mol. The van der Waals surface area contributed by atoms with Crippen molar-refractivity contribution in [2.45, 2.75) is 20.3 Å². The summed E-state index contributed by atoms with van der Waals surface area (Å²) in [5.41, 5.74) is 1.64. The van der Waals surface area contributed by atoms with Gasteiger partial charge in [0.2, 0.25) is 0 Å². The normalized spacial score (nSPS) is 10.1. The Kier molecular flexibility index (Phi) is 2.13. The molecule has 0 saturated heterocycles. The number of phenols is 1. The Labute approximate surface area is 65.5 Å². The molecule has 1 N–H and O–H groups in total. The summed E-state index contributed by atoms with van der Waals surface area (Å²) < 4.78 is 12.7. The van der Waals surface area contributed by atoms with Gasteiger partial charge in [0.15, 0.2) is 11.6 Å². The molecule has 0 radical (unpaired) electrons. The zero-order valence-electron chi connectivity index (χ0n) is 6.69. The molecule has 11 heavy (non-hydrogen) atoms. The van der Waals surface area contributed by atoms with Gasteiger partial charge in [-0.1, -0.05) is 13.0 Å². The standard InChI is InChI=1S/C9H11FO/c1-3-7-6(2)4-5-8(10)9(7)11/h4-5,11H,3H2,1-2H3. The molecular weight excluding hydrogens is 143 g/mol. The summed E-state index contributed by atoms with van der Waals surface area (Å²) in [5, 5.41) is 9.20. The summed E-state index contributed by atoms with van der Waals surface area (Å²) in [6, 6.07) is 2.96. The van der Waals surface area contributed by atoms with Crippen LogP contribution in [0.4, 0.5) is 4.39 Å². The summed E-state index contributed by atoms with van der Waals surface area (Å²) in [6.45, 7) is 3.75. The largest absolute Gasteiger partial charge is 0.505 e. The minimum absolute atomic E-state index is 0.201.